The zero-order valence-electron chi connectivity index (χ0n) is 11.7. The number of amidine groups is 1. The van der Waals surface area contributed by atoms with Gasteiger partial charge in [-0.05, 0) is 13.3 Å². The van der Waals surface area contributed by atoms with Crippen LogP contribution in [-0.4, -0.2) is 51.9 Å². The number of hydrogen-bond donors (Lipinski definition) is 1. The first-order valence-electron chi connectivity index (χ1n) is 6.67. The number of thioether (sulfide) groups is 2. The molecule has 0 spiro atoms. The van der Waals surface area contributed by atoms with E-state index in [9.17, 15) is 9.59 Å². The summed E-state index contributed by atoms with van der Waals surface area (Å²) in [7, 11) is 0. The summed E-state index contributed by atoms with van der Waals surface area (Å²) in [6, 6.07) is -0.392. The maximum absolute atomic E-state index is 12.3. The summed E-state index contributed by atoms with van der Waals surface area (Å²) in [6.45, 7) is 4.55. The van der Waals surface area contributed by atoms with E-state index in [2.05, 4.69) is 10.3 Å². The van der Waals surface area contributed by atoms with Crippen molar-refractivity contribution in [2.45, 2.75) is 26.3 Å². The highest BCUT2D eigenvalue weighted by molar-refractivity contribution is 8.14. The van der Waals surface area contributed by atoms with Crippen molar-refractivity contribution in [1.29, 1.82) is 0 Å². The van der Waals surface area contributed by atoms with Gasteiger partial charge in [0, 0.05) is 17.1 Å². The normalized spacial score (nSPS) is 22.9. The summed E-state index contributed by atoms with van der Waals surface area (Å²) in [5.41, 5.74) is 0.709. The molecule has 1 saturated heterocycles. The van der Waals surface area contributed by atoms with Crippen molar-refractivity contribution in [3.63, 3.8) is 0 Å². The third kappa shape index (κ3) is 3.58. The fourth-order valence-corrected chi connectivity index (χ4v) is 3.96. The smallest absolute Gasteiger partial charge is 0.250 e. The predicted molar refractivity (Wildman–Crippen MR) is 84.9 cm³/mol. The maximum Gasteiger partial charge on any atom is 0.250 e. The largest absolute Gasteiger partial charge is 0.317 e. The van der Waals surface area contributed by atoms with E-state index >= 15 is 0 Å². The van der Waals surface area contributed by atoms with Crippen molar-refractivity contribution < 1.29 is 9.59 Å². The van der Waals surface area contributed by atoms with Crippen LogP contribution in [-0.2, 0) is 9.59 Å². The SMILES string of the molecule is CC/C=C(/C)C(=O)N1CSC[C@@H]1C(=O)NC1=NCCS1. The first kappa shape index (κ1) is 15.4. The molecule has 0 unspecified atom stereocenters. The maximum atomic E-state index is 12.3. The number of rotatable bonds is 3. The summed E-state index contributed by atoms with van der Waals surface area (Å²) in [5, 5.41) is 3.50. The zero-order chi connectivity index (χ0) is 14.5. The number of hydrogen-bond acceptors (Lipinski definition) is 5. The Bertz CT molecular complexity index is 463. The van der Waals surface area contributed by atoms with E-state index in [0.29, 0.717) is 22.4 Å². The van der Waals surface area contributed by atoms with Crippen LogP contribution >= 0.6 is 23.5 Å². The summed E-state index contributed by atoms with van der Waals surface area (Å²) < 4.78 is 0. The number of allylic oxidation sites excluding steroid dienone is 1. The van der Waals surface area contributed by atoms with Gasteiger partial charge in [-0.2, -0.15) is 0 Å². The minimum absolute atomic E-state index is 0.0435. The Labute approximate surface area is 127 Å². The van der Waals surface area contributed by atoms with Crippen LogP contribution in [0.2, 0.25) is 0 Å². The van der Waals surface area contributed by atoms with Crippen LogP contribution in [0.3, 0.4) is 0 Å². The number of nitrogens with one attached hydrogen (secondary N) is 1. The van der Waals surface area contributed by atoms with E-state index in [1.54, 1.807) is 35.3 Å². The molecule has 110 valence electrons. The molecule has 2 aliphatic heterocycles. The molecule has 20 heavy (non-hydrogen) atoms. The highest BCUT2D eigenvalue weighted by atomic mass is 32.2. The molecule has 0 aromatic rings. The zero-order valence-corrected chi connectivity index (χ0v) is 13.4. The molecular formula is C13H19N3O2S2. The van der Waals surface area contributed by atoms with Gasteiger partial charge in [-0.25, -0.2) is 0 Å². The molecule has 2 heterocycles. The standard InChI is InChI=1S/C13H19N3O2S2/c1-3-4-9(2)12(18)16-8-19-7-10(16)11(17)15-13-14-5-6-20-13/h4,10H,3,5-8H2,1-2H3,(H,14,15,17)/b9-4-/t10-/m1/s1. The van der Waals surface area contributed by atoms with E-state index in [-0.39, 0.29) is 11.8 Å². The Balaban J connectivity index is 2.01. The highest BCUT2D eigenvalue weighted by Crippen LogP contribution is 2.23. The molecule has 0 saturated carbocycles. The van der Waals surface area contributed by atoms with E-state index in [1.807, 2.05) is 13.0 Å². The Hall–Kier alpha value is -0.950. The molecule has 0 aliphatic carbocycles. The van der Waals surface area contributed by atoms with Gasteiger partial charge in [-0.15, -0.1) is 11.8 Å². The fourth-order valence-electron chi connectivity index (χ4n) is 2.08. The third-order valence-corrected chi connectivity index (χ3v) is 5.01. The van der Waals surface area contributed by atoms with Gasteiger partial charge in [-0.1, -0.05) is 24.8 Å². The second kappa shape index (κ2) is 7.17. The summed E-state index contributed by atoms with van der Waals surface area (Å²) in [4.78, 5) is 30.4. The van der Waals surface area contributed by atoms with Crippen LogP contribution in [0.25, 0.3) is 0 Å². The summed E-state index contributed by atoms with van der Waals surface area (Å²) >= 11 is 3.16. The first-order valence-corrected chi connectivity index (χ1v) is 8.81. The van der Waals surface area contributed by atoms with Crippen LogP contribution in [0.1, 0.15) is 20.3 Å². The van der Waals surface area contributed by atoms with Gasteiger partial charge in [0.2, 0.25) is 5.91 Å². The van der Waals surface area contributed by atoms with Gasteiger partial charge in [-0.3, -0.25) is 14.6 Å². The molecule has 0 aromatic carbocycles. The lowest BCUT2D eigenvalue weighted by Gasteiger charge is -2.23. The molecule has 0 aromatic heterocycles. The lowest BCUT2D eigenvalue weighted by Crippen LogP contribution is -2.48. The van der Waals surface area contributed by atoms with E-state index < -0.39 is 6.04 Å². The lowest BCUT2D eigenvalue weighted by molar-refractivity contribution is -0.134. The van der Waals surface area contributed by atoms with E-state index in [4.69, 9.17) is 0 Å². The average molecular weight is 313 g/mol. The fraction of sp³-hybridized carbons (Fsp3) is 0.615. The van der Waals surface area contributed by atoms with Crippen LogP contribution < -0.4 is 5.32 Å². The molecule has 2 amide bonds. The van der Waals surface area contributed by atoms with Crippen molar-refractivity contribution in [1.82, 2.24) is 10.2 Å². The Kier molecular flexibility index (Phi) is 5.54. The summed E-state index contributed by atoms with van der Waals surface area (Å²) in [5.74, 6) is 1.97. The molecule has 2 aliphatic rings. The van der Waals surface area contributed by atoms with Gasteiger partial charge in [0.15, 0.2) is 5.17 Å². The molecule has 0 bridgehead atoms. The van der Waals surface area contributed by atoms with Crippen LogP contribution in [0.15, 0.2) is 16.6 Å². The van der Waals surface area contributed by atoms with Crippen molar-refractivity contribution in [2.75, 3.05) is 23.9 Å². The van der Waals surface area contributed by atoms with Gasteiger partial charge in [0.1, 0.15) is 6.04 Å². The Morgan fingerprint density at radius 1 is 1.55 bits per heavy atom. The van der Waals surface area contributed by atoms with E-state index in [1.165, 1.54) is 0 Å². The Morgan fingerprint density at radius 3 is 3.00 bits per heavy atom. The van der Waals surface area contributed by atoms with Gasteiger partial charge >= 0.3 is 0 Å². The average Bonchev–Trinajstić information content (AvgIpc) is 3.08. The lowest BCUT2D eigenvalue weighted by atomic mass is 10.2. The molecular weight excluding hydrogens is 294 g/mol. The number of nitrogens with zero attached hydrogens (tertiary/aromatic N) is 2. The quantitative estimate of drug-likeness (QED) is 0.801. The topological polar surface area (TPSA) is 61.8 Å². The molecule has 7 heteroatoms. The van der Waals surface area contributed by atoms with Crippen molar-refractivity contribution in [2.24, 2.45) is 4.99 Å². The number of carbonyl (C=O) groups is 2. The van der Waals surface area contributed by atoms with E-state index in [0.717, 1.165) is 18.7 Å². The van der Waals surface area contributed by atoms with Gasteiger partial charge in [0.05, 0.1) is 12.4 Å². The minimum Gasteiger partial charge on any atom is -0.317 e. The van der Waals surface area contributed by atoms with Crippen LogP contribution in [0.5, 0.6) is 0 Å². The molecule has 2 rings (SSSR count). The number of carbonyl (C=O) groups excluding carboxylic acids is 2. The van der Waals surface area contributed by atoms with Crippen molar-refractivity contribution in [3.05, 3.63) is 11.6 Å². The number of amides is 2. The summed E-state index contributed by atoms with van der Waals surface area (Å²) in [6.07, 6.45) is 2.72. The predicted octanol–water partition coefficient (Wildman–Crippen LogP) is 1.46. The second-order valence-electron chi connectivity index (χ2n) is 4.61. The monoisotopic (exact) mass is 313 g/mol. The second-order valence-corrected chi connectivity index (χ2v) is 6.69. The minimum atomic E-state index is -0.392. The third-order valence-electron chi connectivity index (χ3n) is 3.11. The molecule has 5 nitrogen and oxygen atoms in total. The molecule has 1 N–H and O–H groups in total. The van der Waals surface area contributed by atoms with Gasteiger partial charge in [0.25, 0.3) is 5.91 Å². The van der Waals surface area contributed by atoms with Crippen molar-refractivity contribution >= 4 is 40.5 Å². The van der Waals surface area contributed by atoms with Gasteiger partial charge < -0.3 is 10.2 Å². The molecule has 1 fully saturated rings. The van der Waals surface area contributed by atoms with Crippen LogP contribution in [0, 0.1) is 0 Å². The molecule has 1 atom stereocenters. The van der Waals surface area contributed by atoms with Crippen LogP contribution in [0.4, 0.5) is 0 Å². The number of aliphatic imine (C=N–C) groups is 1. The first-order chi connectivity index (χ1) is 9.63. The highest BCUT2D eigenvalue weighted by Gasteiger charge is 2.35. The molecule has 0 radical (unpaired) electrons. The Morgan fingerprint density at radius 2 is 2.35 bits per heavy atom. The van der Waals surface area contributed by atoms with Crippen molar-refractivity contribution in [3.8, 4) is 0 Å².